The predicted molar refractivity (Wildman–Crippen MR) is 64.9 cm³/mol. The van der Waals surface area contributed by atoms with Gasteiger partial charge in [-0.05, 0) is 12.8 Å². The molecule has 18 heavy (non-hydrogen) atoms. The molecule has 1 aromatic heterocycles. The van der Waals surface area contributed by atoms with Crippen molar-refractivity contribution in [3.8, 4) is 0 Å². The Kier molecular flexibility index (Phi) is 3.37. The molecule has 0 unspecified atom stereocenters. The number of ether oxygens (including phenoxy) is 3. The quantitative estimate of drug-likeness (QED) is 0.820. The summed E-state index contributed by atoms with van der Waals surface area (Å²) in [6.07, 6.45) is 8.10. The summed E-state index contributed by atoms with van der Waals surface area (Å²) in [6, 6.07) is 0. The van der Waals surface area contributed by atoms with E-state index in [0.717, 1.165) is 44.5 Å². The molecule has 0 bridgehead atoms. The van der Waals surface area contributed by atoms with Gasteiger partial charge in [-0.2, -0.15) is 5.10 Å². The minimum Gasteiger partial charge on any atom is -0.373 e. The molecule has 1 saturated heterocycles. The molecule has 2 aliphatic rings. The van der Waals surface area contributed by atoms with Crippen LogP contribution >= 0.6 is 0 Å². The molecule has 1 saturated carbocycles. The van der Waals surface area contributed by atoms with E-state index in [9.17, 15) is 0 Å². The molecule has 1 aliphatic heterocycles. The number of hydrogen-bond donors (Lipinski definition) is 0. The fraction of sp³-hybridized carbons (Fsp3) is 0.769. The van der Waals surface area contributed by atoms with E-state index in [4.69, 9.17) is 14.2 Å². The molecule has 5 heteroatoms. The zero-order valence-corrected chi connectivity index (χ0v) is 10.8. The van der Waals surface area contributed by atoms with Crippen LogP contribution in [0.5, 0.6) is 0 Å². The van der Waals surface area contributed by atoms with Gasteiger partial charge in [0.2, 0.25) is 0 Å². The maximum Gasteiger partial charge on any atom is 0.168 e. The van der Waals surface area contributed by atoms with Gasteiger partial charge in [-0.3, -0.25) is 4.68 Å². The first-order valence-electron chi connectivity index (χ1n) is 6.63. The molecule has 2 heterocycles. The number of hydrogen-bond acceptors (Lipinski definition) is 4. The van der Waals surface area contributed by atoms with Gasteiger partial charge in [0.25, 0.3) is 0 Å². The fourth-order valence-electron chi connectivity index (χ4n) is 2.74. The van der Waals surface area contributed by atoms with E-state index in [1.165, 1.54) is 0 Å². The summed E-state index contributed by atoms with van der Waals surface area (Å²) in [4.78, 5) is 0. The van der Waals surface area contributed by atoms with E-state index in [0.29, 0.717) is 12.7 Å². The second-order valence-corrected chi connectivity index (χ2v) is 5.14. The van der Waals surface area contributed by atoms with Crippen LogP contribution in [0.1, 0.15) is 31.2 Å². The van der Waals surface area contributed by atoms with Gasteiger partial charge in [0, 0.05) is 31.6 Å². The molecule has 1 aromatic rings. The average molecular weight is 252 g/mol. The highest BCUT2D eigenvalue weighted by molar-refractivity contribution is 5.01. The molecule has 0 atom stereocenters. The van der Waals surface area contributed by atoms with Gasteiger partial charge in [0.15, 0.2) is 5.79 Å². The highest BCUT2D eigenvalue weighted by Gasteiger charge is 2.40. The van der Waals surface area contributed by atoms with Crippen LogP contribution in [-0.4, -0.2) is 34.9 Å². The van der Waals surface area contributed by atoms with Crippen molar-refractivity contribution in [3.63, 3.8) is 0 Å². The topological polar surface area (TPSA) is 45.5 Å². The van der Waals surface area contributed by atoms with Gasteiger partial charge in [-0.25, -0.2) is 0 Å². The van der Waals surface area contributed by atoms with E-state index in [-0.39, 0.29) is 5.79 Å². The molecule has 2 fully saturated rings. The van der Waals surface area contributed by atoms with E-state index in [1.807, 2.05) is 19.4 Å². The second-order valence-electron chi connectivity index (χ2n) is 5.14. The van der Waals surface area contributed by atoms with Crippen molar-refractivity contribution < 1.29 is 14.2 Å². The lowest BCUT2D eigenvalue weighted by atomic mass is 9.92. The Hall–Kier alpha value is -0.910. The monoisotopic (exact) mass is 252 g/mol. The minimum absolute atomic E-state index is 0.284. The van der Waals surface area contributed by atoms with Crippen molar-refractivity contribution in [2.24, 2.45) is 7.05 Å². The van der Waals surface area contributed by atoms with Crippen LogP contribution in [0.15, 0.2) is 12.4 Å². The van der Waals surface area contributed by atoms with Gasteiger partial charge >= 0.3 is 0 Å². The highest BCUT2D eigenvalue weighted by Crippen LogP contribution is 2.36. The maximum atomic E-state index is 5.92. The Balaban J connectivity index is 1.45. The summed E-state index contributed by atoms with van der Waals surface area (Å²) in [5.41, 5.74) is 1.13. The predicted octanol–water partition coefficient (Wildman–Crippen LogP) is 1.62. The Morgan fingerprint density at radius 1 is 1.39 bits per heavy atom. The van der Waals surface area contributed by atoms with Gasteiger partial charge in [-0.15, -0.1) is 0 Å². The van der Waals surface area contributed by atoms with E-state index in [2.05, 4.69) is 5.10 Å². The number of rotatable bonds is 3. The molecule has 0 aromatic carbocycles. The Labute approximate surface area is 107 Å². The van der Waals surface area contributed by atoms with Crippen molar-refractivity contribution in [2.45, 2.75) is 44.2 Å². The zero-order valence-electron chi connectivity index (χ0n) is 10.8. The molecule has 5 nitrogen and oxygen atoms in total. The largest absolute Gasteiger partial charge is 0.373 e. The third kappa shape index (κ3) is 2.58. The summed E-state index contributed by atoms with van der Waals surface area (Å²) < 4.78 is 19.1. The smallest absolute Gasteiger partial charge is 0.168 e. The summed E-state index contributed by atoms with van der Waals surface area (Å²) in [5.74, 6) is -0.284. The van der Waals surface area contributed by atoms with Gasteiger partial charge in [-0.1, -0.05) is 0 Å². The first-order chi connectivity index (χ1) is 8.76. The van der Waals surface area contributed by atoms with Crippen molar-refractivity contribution in [2.75, 3.05) is 13.2 Å². The fourth-order valence-corrected chi connectivity index (χ4v) is 2.74. The second kappa shape index (κ2) is 4.99. The number of aromatic nitrogens is 2. The lowest BCUT2D eigenvalue weighted by molar-refractivity contribution is -0.192. The van der Waals surface area contributed by atoms with Crippen molar-refractivity contribution in [1.29, 1.82) is 0 Å². The molecule has 0 radical (unpaired) electrons. The SMILES string of the molecule is Cn1cc(COC2CCC3(CC2)OCCO3)cn1. The number of nitrogens with zero attached hydrogens (tertiary/aromatic N) is 2. The van der Waals surface area contributed by atoms with E-state index in [1.54, 1.807) is 4.68 Å². The van der Waals surface area contributed by atoms with Gasteiger partial charge in [0.1, 0.15) is 0 Å². The molecule has 1 spiro atoms. The average Bonchev–Trinajstić information content (AvgIpc) is 2.99. The van der Waals surface area contributed by atoms with Crippen LogP contribution in [0.4, 0.5) is 0 Å². The lowest BCUT2D eigenvalue weighted by Gasteiger charge is -2.35. The Morgan fingerprint density at radius 3 is 2.72 bits per heavy atom. The summed E-state index contributed by atoms with van der Waals surface area (Å²) in [5, 5.41) is 4.13. The van der Waals surface area contributed by atoms with Gasteiger partial charge < -0.3 is 14.2 Å². The zero-order chi connectivity index (χ0) is 12.4. The first-order valence-corrected chi connectivity index (χ1v) is 6.63. The molecule has 3 rings (SSSR count). The maximum absolute atomic E-state index is 5.92. The van der Waals surface area contributed by atoms with Crippen LogP contribution < -0.4 is 0 Å². The first kappa shape index (κ1) is 12.1. The Bertz CT molecular complexity index is 389. The van der Waals surface area contributed by atoms with Crippen molar-refractivity contribution in [1.82, 2.24) is 9.78 Å². The van der Waals surface area contributed by atoms with Crippen LogP contribution in [0.2, 0.25) is 0 Å². The summed E-state index contributed by atoms with van der Waals surface area (Å²) in [6.45, 7) is 2.12. The third-order valence-electron chi connectivity index (χ3n) is 3.75. The summed E-state index contributed by atoms with van der Waals surface area (Å²) >= 11 is 0. The van der Waals surface area contributed by atoms with E-state index < -0.39 is 0 Å². The van der Waals surface area contributed by atoms with Crippen LogP contribution in [0, 0.1) is 0 Å². The van der Waals surface area contributed by atoms with Gasteiger partial charge in [0.05, 0.1) is 32.1 Å². The standard InChI is InChI=1S/C13H20N2O3/c1-15-9-11(8-14-15)10-16-12-2-4-13(5-3-12)17-6-7-18-13/h8-9,12H,2-7,10H2,1H3. The molecule has 100 valence electrons. The lowest BCUT2D eigenvalue weighted by Crippen LogP contribution is -2.37. The highest BCUT2D eigenvalue weighted by atomic mass is 16.7. The third-order valence-corrected chi connectivity index (χ3v) is 3.75. The van der Waals surface area contributed by atoms with Crippen LogP contribution in [0.3, 0.4) is 0 Å². The van der Waals surface area contributed by atoms with Crippen LogP contribution in [0.25, 0.3) is 0 Å². The molecule has 0 amide bonds. The molecular formula is C13H20N2O3. The molecular weight excluding hydrogens is 232 g/mol. The molecule has 0 N–H and O–H groups in total. The van der Waals surface area contributed by atoms with Crippen LogP contribution in [-0.2, 0) is 27.9 Å². The number of aryl methyl sites for hydroxylation is 1. The Morgan fingerprint density at radius 2 is 2.11 bits per heavy atom. The minimum atomic E-state index is -0.284. The van der Waals surface area contributed by atoms with Crippen molar-refractivity contribution >= 4 is 0 Å². The summed E-state index contributed by atoms with van der Waals surface area (Å²) in [7, 11) is 1.92. The van der Waals surface area contributed by atoms with Crippen molar-refractivity contribution in [3.05, 3.63) is 18.0 Å². The van der Waals surface area contributed by atoms with E-state index >= 15 is 0 Å². The normalized spacial score (nSPS) is 23.8. The molecule has 1 aliphatic carbocycles.